The molecule has 1 aromatic heterocycles. The Balaban J connectivity index is 1.66. The van der Waals surface area contributed by atoms with Gasteiger partial charge in [0.1, 0.15) is 0 Å². The second-order valence-electron chi connectivity index (χ2n) is 7.96. The van der Waals surface area contributed by atoms with Crippen LogP contribution in [0.2, 0.25) is 0 Å². The fourth-order valence-electron chi connectivity index (χ4n) is 4.18. The predicted octanol–water partition coefficient (Wildman–Crippen LogP) is 2.12. The number of fused-ring (bicyclic) bond motifs is 1. The van der Waals surface area contributed by atoms with Gasteiger partial charge in [0.15, 0.2) is 0 Å². The molecular weight excluding hydrogens is 366 g/mol. The Kier molecular flexibility index (Phi) is 5.99. The average molecular weight is 398 g/mol. The maximum absolute atomic E-state index is 13.2. The third kappa shape index (κ3) is 4.22. The van der Waals surface area contributed by atoms with Gasteiger partial charge in [0.2, 0.25) is 5.95 Å². The Labute approximate surface area is 172 Å². The minimum Gasteiger partial charge on any atom is -0.379 e. The van der Waals surface area contributed by atoms with E-state index in [1.165, 1.54) is 5.56 Å². The molecule has 1 fully saturated rings. The minimum absolute atomic E-state index is 0.0868. The van der Waals surface area contributed by atoms with Crippen LogP contribution in [0.4, 0.5) is 11.6 Å². The SMILES string of the molecule is CCc1c(C)nc2n(c1=O)CN(CCN1CCOCC1)CN2c1cccc(C)c1. The monoisotopic (exact) mass is 397 g/mol. The van der Waals surface area contributed by atoms with Gasteiger partial charge in [-0.25, -0.2) is 4.98 Å². The Morgan fingerprint density at radius 2 is 1.83 bits per heavy atom. The quantitative estimate of drug-likeness (QED) is 0.770. The fraction of sp³-hybridized carbons (Fsp3) is 0.545. The van der Waals surface area contributed by atoms with Gasteiger partial charge in [-0.3, -0.25) is 24.1 Å². The van der Waals surface area contributed by atoms with E-state index in [4.69, 9.17) is 9.72 Å². The van der Waals surface area contributed by atoms with Gasteiger partial charge in [-0.05, 0) is 38.0 Å². The molecule has 3 heterocycles. The molecule has 0 N–H and O–H groups in total. The number of aryl methyl sites for hydroxylation is 2. The number of hydrogen-bond acceptors (Lipinski definition) is 6. The first kappa shape index (κ1) is 20.1. The molecule has 0 aliphatic carbocycles. The van der Waals surface area contributed by atoms with Crippen molar-refractivity contribution in [2.24, 2.45) is 0 Å². The molecule has 2 aromatic rings. The van der Waals surface area contributed by atoms with E-state index in [1.54, 1.807) is 0 Å². The molecule has 1 saturated heterocycles. The zero-order valence-corrected chi connectivity index (χ0v) is 17.7. The van der Waals surface area contributed by atoms with Gasteiger partial charge in [-0.1, -0.05) is 19.1 Å². The first-order chi connectivity index (χ1) is 14.1. The van der Waals surface area contributed by atoms with Crippen molar-refractivity contribution in [3.63, 3.8) is 0 Å². The van der Waals surface area contributed by atoms with Crippen molar-refractivity contribution in [3.05, 3.63) is 51.4 Å². The number of nitrogens with zero attached hydrogens (tertiary/aromatic N) is 5. The molecule has 0 amide bonds. The van der Waals surface area contributed by atoms with Gasteiger partial charge in [0.05, 0.1) is 26.6 Å². The fourth-order valence-corrected chi connectivity index (χ4v) is 4.18. The zero-order chi connectivity index (χ0) is 20.4. The maximum Gasteiger partial charge on any atom is 0.259 e. The summed E-state index contributed by atoms with van der Waals surface area (Å²) in [6.45, 7) is 12.8. The van der Waals surface area contributed by atoms with Crippen LogP contribution < -0.4 is 10.5 Å². The number of morpholine rings is 1. The first-order valence-corrected chi connectivity index (χ1v) is 10.5. The summed E-state index contributed by atoms with van der Waals surface area (Å²) in [5.41, 5.74) is 4.01. The van der Waals surface area contributed by atoms with Crippen LogP contribution in [-0.4, -0.2) is 65.4 Å². The number of ether oxygens (including phenoxy) is 1. The molecule has 2 aliphatic heterocycles. The Bertz CT molecular complexity index is 920. The third-order valence-electron chi connectivity index (χ3n) is 5.88. The van der Waals surface area contributed by atoms with Gasteiger partial charge in [-0.15, -0.1) is 0 Å². The lowest BCUT2D eigenvalue weighted by atomic mass is 10.2. The summed E-state index contributed by atoms with van der Waals surface area (Å²) in [6, 6.07) is 8.41. The van der Waals surface area contributed by atoms with Crippen molar-refractivity contribution >= 4 is 11.6 Å². The molecular formula is C22H31N5O2. The van der Waals surface area contributed by atoms with Gasteiger partial charge >= 0.3 is 0 Å². The summed E-state index contributed by atoms with van der Waals surface area (Å²) in [7, 11) is 0. The molecule has 2 aliphatic rings. The summed E-state index contributed by atoms with van der Waals surface area (Å²) in [6.07, 6.45) is 0.705. The normalized spacial score (nSPS) is 18.1. The van der Waals surface area contributed by atoms with Crippen LogP contribution in [0.25, 0.3) is 0 Å². The van der Waals surface area contributed by atoms with E-state index in [9.17, 15) is 4.79 Å². The number of benzene rings is 1. The van der Waals surface area contributed by atoms with Gasteiger partial charge in [0, 0.05) is 43.1 Å². The molecule has 0 atom stereocenters. The molecule has 0 unspecified atom stereocenters. The lowest BCUT2D eigenvalue weighted by molar-refractivity contribution is 0.0310. The summed E-state index contributed by atoms with van der Waals surface area (Å²) < 4.78 is 7.30. The smallest absolute Gasteiger partial charge is 0.259 e. The summed E-state index contributed by atoms with van der Waals surface area (Å²) in [5.74, 6) is 0.748. The van der Waals surface area contributed by atoms with Crippen LogP contribution in [0.3, 0.4) is 0 Å². The molecule has 0 bridgehead atoms. The molecule has 0 radical (unpaired) electrons. The van der Waals surface area contributed by atoms with E-state index in [1.807, 2.05) is 18.4 Å². The van der Waals surface area contributed by atoms with E-state index in [0.717, 1.165) is 69.0 Å². The Morgan fingerprint density at radius 3 is 2.55 bits per heavy atom. The van der Waals surface area contributed by atoms with Crippen molar-refractivity contribution in [1.82, 2.24) is 19.4 Å². The molecule has 0 saturated carbocycles. The Morgan fingerprint density at radius 1 is 1.07 bits per heavy atom. The third-order valence-corrected chi connectivity index (χ3v) is 5.88. The van der Waals surface area contributed by atoms with E-state index >= 15 is 0 Å². The molecule has 29 heavy (non-hydrogen) atoms. The van der Waals surface area contributed by atoms with Gasteiger partial charge < -0.3 is 4.74 Å². The van der Waals surface area contributed by atoms with Crippen molar-refractivity contribution < 1.29 is 4.74 Å². The van der Waals surface area contributed by atoms with E-state index in [0.29, 0.717) is 13.1 Å². The molecule has 1 aromatic carbocycles. The van der Waals surface area contributed by atoms with Crippen LogP contribution >= 0.6 is 0 Å². The summed E-state index contributed by atoms with van der Waals surface area (Å²) in [5, 5.41) is 0. The topological polar surface area (TPSA) is 53.8 Å². The number of hydrogen-bond donors (Lipinski definition) is 0. The molecule has 7 heteroatoms. The Hall–Kier alpha value is -2.22. The number of anilines is 2. The van der Waals surface area contributed by atoms with E-state index in [-0.39, 0.29) is 5.56 Å². The van der Waals surface area contributed by atoms with Crippen LogP contribution in [0.1, 0.15) is 23.7 Å². The molecule has 156 valence electrons. The lowest BCUT2D eigenvalue weighted by Crippen LogP contribution is -2.50. The van der Waals surface area contributed by atoms with Gasteiger partial charge in [-0.2, -0.15) is 0 Å². The van der Waals surface area contributed by atoms with Crippen LogP contribution in [0.5, 0.6) is 0 Å². The highest BCUT2D eigenvalue weighted by Gasteiger charge is 2.28. The zero-order valence-electron chi connectivity index (χ0n) is 17.7. The van der Waals surface area contributed by atoms with E-state index in [2.05, 4.69) is 45.9 Å². The molecule has 4 rings (SSSR count). The van der Waals surface area contributed by atoms with Crippen molar-refractivity contribution in [3.8, 4) is 0 Å². The second-order valence-corrected chi connectivity index (χ2v) is 7.96. The van der Waals surface area contributed by atoms with Crippen molar-refractivity contribution in [2.45, 2.75) is 33.9 Å². The highest BCUT2D eigenvalue weighted by molar-refractivity contribution is 5.59. The largest absolute Gasteiger partial charge is 0.379 e. The first-order valence-electron chi connectivity index (χ1n) is 10.5. The standard InChI is InChI=1S/C22H31N5O2/c1-4-20-18(3)23-22-26(19-7-5-6-17(2)14-19)15-25(16-27(22)21(20)28)9-8-24-10-12-29-13-11-24/h5-7,14H,4,8-13,15-16H2,1-3H3. The highest BCUT2D eigenvalue weighted by Crippen LogP contribution is 2.28. The molecule has 0 spiro atoms. The highest BCUT2D eigenvalue weighted by atomic mass is 16.5. The summed E-state index contributed by atoms with van der Waals surface area (Å²) in [4.78, 5) is 25.0. The summed E-state index contributed by atoms with van der Waals surface area (Å²) >= 11 is 0. The predicted molar refractivity (Wildman–Crippen MR) is 115 cm³/mol. The van der Waals surface area contributed by atoms with Crippen molar-refractivity contribution in [2.75, 3.05) is 51.0 Å². The minimum atomic E-state index is 0.0868. The maximum atomic E-state index is 13.2. The average Bonchev–Trinajstić information content (AvgIpc) is 2.73. The van der Waals surface area contributed by atoms with E-state index < -0.39 is 0 Å². The number of aromatic nitrogens is 2. The van der Waals surface area contributed by atoms with Crippen LogP contribution in [0, 0.1) is 13.8 Å². The van der Waals surface area contributed by atoms with Crippen molar-refractivity contribution in [1.29, 1.82) is 0 Å². The lowest BCUT2D eigenvalue weighted by Gasteiger charge is -2.39. The van der Waals surface area contributed by atoms with Crippen LogP contribution in [0.15, 0.2) is 29.1 Å². The molecule has 7 nitrogen and oxygen atoms in total. The second kappa shape index (κ2) is 8.65. The van der Waals surface area contributed by atoms with Crippen LogP contribution in [-0.2, 0) is 17.8 Å². The van der Waals surface area contributed by atoms with Gasteiger partial charge in [0.25, 0.3) is 5.56 Å². The number of rotatable bonds is 5.